The molecule has 2 saturated heterocycles. The molecule has 2 aliphatic rings. The number of morpholine rings is 1. The van der Waals surface area contributed by atoms with Gasteiger partial charge in [0.25, 0.3) is 0 Å². The normalized spacial score (nSPS) is 23.9. The molecule has 0 bridgehead atoms. The Labute approximate surface area is 116 Å². The van der Waals surface area contributed by atoms with Crippen LogP contribution in [0.3, 0.4) is 0 Å². The lowest BCUT2D eigenvalue weighted by atomic mass is 10.0. The van der Waals surface area contributed by atoms with Crippen molar-refractivity contribution >= 4 is 5.91 Å². The third-order valence-electron chi connectivity index (χ3n) is 4.06. The first-order valence-corrected chi connectivity index (χ1v) is 7.30. The lowest BCUT2D eigenvalue weighted by molar-refractivity contribution is -0.138. The summed E-state index contributed by atoms with van der Waals surface area (Å²) in [4.78, 5) is 18.8. The maximum Gasteiger partial charge on any atom is 0.236 e. The van der Waals surface area contributed by atoms with Crippen molar-refractivity contribution in [3.05, 3.63) is 0 Å². The van der Waals surface area contributed by atoms with E-state index in [1.807, 2.05) is 4.90 Å². The molecule has 5 heteroatoms. The van der Waals surface area contributed by atoms with E-state index >= 15 is 0 Å². The van der Waals surface area contributed by atoms with Gasteiger partial charge in [0.05, 0.1) is 19.8 Å². The monoisotopic (exact) mass is 269 g/mol. The Morgan fingerprint density at radius 3 is 2.32 bits per heavy atom. The Kier molecular flexibility index (Phi) is 4.81. The number of ether oxygens (including phenoxy) is 1. The van der Waals surface area contributed by atoms with Gasteiger partial charge in [-0.25, -0.2) is 0 Å². The minimum Gasteiger partial charge on any atom is -0.379 e. The minimum atomic E-state index is 0.0892. The number of rotatable bonds is 3. The van der Waals surface area contributed by atoms with Crippen molar-refractivity contribution in [3.63, 3.8) is 0 Å². The fourth-order valence-corrected chi connectivity index (χ4v) is 2.60. The van der Waals surface area contributed by atoms with Crippen LogP contribution in [0.4, 0.5) is 0 Å². The summed E-state index contributed by atoms with van der Waals surface area (Å²) in [6.45, 7) is 14.4. The van der Waals surface area contributed by atoms with E-state index in [-0.39, 0.29) is 11.4 Å². The number of carbonyl (C=O) groups is 1. The molecule has 5 nitrogen and oxygen atoms in total. The van der Waals surface area contributed by atoms with Gasteiger partial charge in [-0.1, -0.05) is 0 Å². The van der Waals surface area contributed by atoms with E-state index in [0.29, 0.717) is 6.54 Å². The third-order valence-corrected chi connectivity index (χ3v) is 4.06. The van der Waals surface area contributed by atoms with Crippen LogP contribution in [0.2, 0.25) is 0 Å². The molecule has 0 atom stereocenters. The Morgan fingerprint density at radius 1 is 1.05 bits per heavy atom. The van der Waals surface area contributed by atoms with Crippen LogP contribution in [0.25, 0.3) is 0 Å². The van der Waals surface area contributed by atoms with Gasteiger partial charge in [-0.2, -0.15) is 0 Å². The maximum absolute atomic E-state index is 12.2. The Balaban J connectivity index is 1.75. The number of piperazine rings is 1. The van der Waals surface area contributed by atoms with Crippen LogP contribution in [0.5, 0.6) is 0 Å². The van der Waals surface area contributed by atoms with E-state index < -0.39 is 0 Å². The third kappa shape index (κ3) is 4.16. The average Bonchev–Trinajstić information content (AvgIpc) is 2.37. The summed E-state index contributed by atoms with van der Waals surface area (Å²) in [5.74, 6) is 0.273. The lowest BCUT2D eigenvalue weighted by Gasteiger charge is -2.42. The zero-order chi connectivity index (χ0) is 13.9. The fourth-order valence-electron chi connectivity index (χ4n) is 2.60. The first kappa shape index (κ1) is 14.8. The molecule has 0 aromatic heterocycles. The molecule has 19 heavy (non-hydrogen) atoms. The van der Waals surface area contributed by atoms with Crippen LogP contribution >= 0.6 is 0 Å². The summed E-state index contributed by atoms with van der Waals surface area (Å²) in [6, 6.07) is 0. The van der Waals surface area contributed by atoms with Crippen LogP contribution in [-0.2, 0) is 9.53 Å². The van der Waals surface area contributed by atoms with E-state index in [2.05, 4.69) is 30.6 Å². The zero-order valence-electron chi connectivity index (χ0n) is 12.5. The molecule has 0 radical (unpaired) electrons. The summed E-state index contributed by atoms with van der Waals surface area (Å²) in [6.07, 6.45) is 0. The number of carbonyl (C=O) groups excluding carboxylic acids is 1. The summed E-state index contributed by atoms with van der Waals surface area (Å²) in [5, 5.41) is 0. The molecule has 2 aliphatic heterocycles. The van der Waals surface area contributed by atoms with E-state index in [4.69, 9.17) is 4.74 Å². The van der Waals surface area contributed by atoms with Crippen LogP contribution in [-0.4, -0.2) is 85.2 Å². The molecule has 0 aromatic rings. The van der Waals surface area contributed by atoms with Gasteiger partial charge in [0.2, 0.25) is 5.91 Å². The number of hydrogen-bond donors (Lipinski definition) is 0. The second kappa shape index (κ2) is 6.20. The van der Waals surface area contributed by atoms with E-state index in [9.17, 15) is 4.79 Å². The molecule has 0 aliphatic carbocycles. The van der Waals surface area contributed by atoms with Crippen molar-refractivity contribution < 1.29 is 9.53 Å². The smallest absolute Gasteiger partial charge is 0.236 e. The van der Waals surface area contributed by atoms with Gasteiger partial charge in [-0.05, 0) is 20.8 Å². The Bertz CT molecular complexity index is 308. The highest BCUT2D eigenvalue weighted by atomic mass is 16.5. The topological polar surface area (TPSA) is 36.0 Å². The van der Waals surface area contributed by atoms with Crippen LogP contribution in [0, 0.1) is 0 Å². The van der Waals surface area contributed by atoms with Gasteiger partial charge in [0.1, 0.15) is 0 Å². The second-order valence-electron chi connectivity index (χ2n) is 6.43. The van der Waals surface area contributed by atoms with Crippen LogP contribution in [0.15, 0.2) is 0 Å². The molecule has 2 rings (SSSR count). The van der Waals surface area contributed by atoms with Crippen molar-refractivity contribution in [2.75, 3.05) is 59.0 Å². The maximum atomic E-state index is 12.2. The minimum absolute atomic E-state index is 0.0892. The van der Waals surface area contributed by atoms with Crippen molar-refractivity contribution in [2.24, 2.45) is 0 Å². The van der Waals surface area contributed by atoms with Crippen LogP contribution in [0.1, 0.15) is 20.8 Å². The molecular weight excluding hydrogens is 242 g/mol. The first-order valence-electron chi connectivity index (χ1n) is 7.30. The predicted octanol–water partition coefficient (Wildman–Crippen LogP) is 0.261. The van der Waals surface area contributed by atoms with Crippen LogP contribution < -0.4 is 0 Å². The molecule has 2 fully saturated rings. The molecule has 0 unspecified atom stereocenters. The Hall–Kier alpha value is -0.650. The van der Waals surface area contributed by atoms with Crippen molar-refractivity contribution in [3.8, 4) is 0 Å². The zero-order valence-corrected chi connectivity index (χ0v) is 12.5. The second-order valence-corrected chi connectivity index (χ2v) is 6.43. The molecule has 110 valence electrons. The largest absolute Gasteiger partial charge is 0.379 e. The number of hydrogen-bond acceptors (Lipinski definition) is 4. The van der Waals surface area contributed by atoms with E-state index in [1.54, 1.807) is 0 Å². The van der Waals surface area contributed by atoms with Gasteiger partial charge < -0.3 is 9.64 Å². The quantitative estimate of drug-likeness (QED) is 0.736. The van der Waals surface area contributed by atoms with Gasteiger partial charge in [-0.3, -0.25) is 14.6 Å². The van der Waals surface area contributed by atoms with Crippen molar-refractivity contribution in [2.45, 2.75) is 26.3 Å². The van der Waals surface area contributed by atoms with Gasteiger partial charge in [-0.15, -0.1) is 0 Å². The average molecular weight is 269 g/mol. The SMILES string of the molecule is CC(C)(C)N1CCN(CCN2CCOCC2)C(=O)C1. The highest BCUT2D eigenvalue weighted by molar-refractivity contribution is 5.79. The molecule has 0 spiro atoms. The summed E-state index contributed by atoms with van der Waals surface area (Å²) < 4.78 is 5.34. The van der Waals surface area contributed by atoms with Crippen molar-refractivity contribution in [1.82, 2.24) is 14.7 Å². The first-order chi connectivity index (χ1) is 8.97. The number of nitrogens with zero attached hydrogens (tertiary/aromatic N) is 3. The van der Waals surface area contributed by atoms with Gasteiger partial charge in [0, 0.05) is 44.8 Å². The van der Waals surface area contributed by atoms with Gasteiger partial charge >= 0.3 is 0 Å². The fraction of sp³-hybridized carbons (Fsp3) is 0.929. The molecule has 1 amide bonds. The Morgan fingerprint density at radius 2 is 1.74 bits per heavy atom. The van der Waals surface area contributed by atoms with Crippen molar-refractivity contribution in [1.29, 1.82) is 0 Å². The van der Waals surface area contributed by atoms with E-state index in [1.165, 1.54) is 0 Å². The van der Waals surface area contributed by atoms with Gasteiger partial charge in [0.15, 0.2) is 0 Å². The molecular formula is C14H27N3O2. The highest BCUT2D eigenvalue weighted by Crippen LogP contribution is 2.16. The molecule has 2 heterocycles. The standard InChI is InChI=1S/C14H27N3O2/c1-14(2,3)17-7-6-16(13(18)12-17)5-4-15-8-10-19-11-9-15/h4-12H2,1-3H3. The summed E-state index contributed by atoms with van der Waals surface area (Å²) in [5.41, 5.74) is 0.0892. The summed E-state index contributed by atoms with van der Waals surface area (Å²) >= 11 is 0. The highest BCUT2D eigenvalue weighted by Gasteiger charge is 2.30. The molecule has 0 aromatic carbocycles. The lowest BCUT2D eigenvalue weighted by Crippen LogP contribution is -2.57. The van der Waals surface area contributed by atoms with E-state index in [0.717, 1.165) is 52.5 Å². The summed E-state index contributed by atoms with van der Waals surface area (Å²) in [7, 11) is 0. The molecule has 0 N–H and O–H groups in total. The molecule has 0 saturated carbocycles. The number of amides is 1. The predicted molar refractivity (Wildman–Crippen MR) is 75.2 cm³/mol.